The zero-order chi connectivity index (χ0) is 10.8. The zero-order valence-corrected chi connectivity index (χ0v) is 9.64. The SMILES string of the molecule is O=C(c1ccncc1O)N1CC(CBr)C1. The Morgan fingerprint density at radius 1 is 1.67 bits per heavy atom. The molecule has 2 rings (SSSR count). The summed E-state index contributed by atoms with van der Waals surface area (Å²) in [6.45, 7) is 1.51. The van der Waals surface area contributed by atoms with Gasteiger partial charge in [-0.3, -0.25) is 9.78 Å². The number of aromatic nitrogens is 1. The van der Waals surface area contributed by atoms with E-state index in [0.29, 0.717) is 11.5 Å². The van der Waals surface area contributed by atoms with Crippen molar-refractivity contribution in [3.63, 3.8) is 0 Å². The fourth-order valence-electron chi connectivity index (χ4n) is 1.57. The first-order chi connectivity index (χ1) is 7.22. The first-order valence-electron chi connectivity index (χ1n) is 4.70. The van der Waals surface area contributed by atoms with E-state index in [0.717, 1.165) is 18.4 Å². The van der Waals surface area contributed by atoms with Gasteiger partial charge in [-0.05, 0) is 6.07 Å². The van der Waals surface area contributed by atoms with Crippen LogP contribution in [0.4, 0.5) is 0 Å². The Morgan fingerprint density at radius 3 is 3.00 bits per heavy atom. The maximum atomic E-state index is 11.8. The van der Waals surface area contributed by atoms with E-state index in [1.807, 2.05) is 0 Å². The molecule has 0 unspecified atom stereocenters. The van der Waals surface area contributed by atoms with Gasteiger partial charge in [0.15, 0.2) is 0 Å². The van der Waals surface area contributed by atoms with E-state index < -0.39 is 0 Å². The molecule has 1 aliphatic heterocycles. The average molecular weight is 271 g/mol. The van der Waals surface area contributed by atoms with Crippen molar-refractivity contribution in [2.75, 3.05) is 18.4 Å². The molecule has 4 nitrogen and oxygen atoms in total. The highest BCUT2D eigenvalue weighted by Crippen LogP contribution is 2.23. The van der Waals surface area contributed by atoms with Gasteiger partial charge in [-0.15, -0.1) is 0 Å². The normalized spacial score (nSPS) is 16.2. The predicted octanol–water partition coefficient (Wildman–Crippen LogP) is 1.25. The van der Waals surface area contributed by atoms with Crippen LogP contribution in [0.25, 0.3) is 0 Å². The smallest absolute Gasteiger partial charge is 0.257 e. The number of halogens is 1. The number of nitrogens with zero attached hydrogens (tertiary/aromatic N) is 2. The summed E-state index contributed by atoms with van der Waals surface area (Å²) in [5, 5.41) is 10.4. The minimum Gasteiger partial charge on any atom is -0.505 e. The van der Waals surface area contributed by atoms with E-state index in [2.05, 4.69) is 20.9 Å². The second-order valence-electron chi connectivity index (χ2n) is 3.62. The number of amides is 1. The van der Waals surface area contributed by atoms with Gasteiger partial charge in [0.1, 0.15) is 5.75 Å². The molecular weight excluding hydrogens is 260 g/mol. The van der Waals surface area contributed by atoms with E-state index in [9.17, 15) is 9.90 Å². The highest BCUT2D eigenvalue weighted by Gasteiger charge is 2.31. The number of hydrogen-bond acceptors (Lipinski definition) is 3. The molecule has 0 spiro atoms. The third kappa shape index (κ3) is 1.97. The fourth-order valence-corrected chi connectivity index (χ4v) is 1.98. The van der Waals surface area contributed by atoms with Crippen LogP contribution in [0.1, 0.15) is 10.4 Å². The Kier molecular flexibility index (Phi) is 2.90. The molecule has 0 saturated carbocycles. The molecule has 0 aromatic carbocycles. The molecule has 1 aromatic rings. The van der Waals surface area contributed by atoms with Crippen LogP contribution in [0.15, 0.2) is 18.5 Å². The summed E-state index contributed by atoms with van der Waals surface area (Å²) in [4.78, 5) is 17.3. The summed E-state index contributed by atoms with van der Waals surface area (Å²) in [5.41, 5.74) is 0.332. The van der Waals surface area contributed by atoms with Gasteiger partial charge in [0.25, 0.3) is 5.91 Å². The summed E-state index contributed by atoms with van der Waals surface area (Å²) in [6.07, 6.45) is 2.80. The number of carbonyl (C=O) groups excluding carboxylic acids is 1. The van der Waals surface area contributed by atoms with Crippen LogP contribution in [-0.4, -0.2) is 39.3 Å². The number of rotatable bonds is 2. The Balaban J connectivity index is 2.07. The van der Waals surface area contributed by atoms with Crippen LogP contribution in [0.2, 0.25) is 0 Å². The predicted molar refractivity (Wildman–Crippen MR) is 59.1 cm³/mol. The number of pyridine rings is 1. The summed E-state index contributed by atoms with van der Waals surface area (Å²) >= 11 is 3.38. The summed E-state index contributed by atoms with van der Waals surface area (Å²) in [5.74, 6) is 0.370. The van der Waals surface area contributed by atoms with Gasteiger partial charge in [-0.2, -0.15) is 0 Å². The molecule has 0 radical (unpaired) electrons. The summed E-state index contributed by atoms with van der Waals surface area (Å²) < 4.78 is 0. The molecule has 1 saturated heterocycles. The number of aromatic hydroxyl groups is 1. The van der Waals surface area contributed by atoms with Gasteiger partial charge in [0.2, 0.25) is 0 Å². The van der Waals surface area contributed by atoms with Crippen LogP contribution in [0, 0.1) is 5.92 Å². The maximum Gasteiger partial charge on any atom is 0.257 e. The molecule has 0 aliphatic carbocycles. The molecule has 5 heteroatoms. The van der Waals surface area contributed by atoms with Crippen molar-refractivity contribution in [3.8, 4) is 5.75 Å². The number of hydrogen-bond donors (Lipinski definition) is 1. The lowest BCUT2D eigenvalue weighted by atomic mass is 10.0. The molecule has 1 fully saturated rings. The zero-order valence-electron chi connectivity index (χ0n) is 8.06. The largest absolute Gasteiger partial charge is 0.505 e. The molecule has 1 aliphatic rings. The molecule has 1 N–H and O–H groups in total. The molecular formula is C10H11BrN2O2. The third-order valence-corrected chi connectivity index (χ3v) is 3.41. The highest BCUT2D eigenvalue weighted by atomic mass is 79.9. The van der Waals surface area contributed by atoms with E-state index >= 15 is 0 Å². The monoisotopic (exact) mass is 270 g/mol. The molecule has 15 heavy (non-hydrogen) atoms. The molecule has 0 atom stereocenters. The van der Waals surface area contributed by atoms with E-state index in [4.69, 9.17) is 0 Å². The second kappa shape index (κ2) is 4.18. The number of alkyl halides is 1. The van der Waals surface area contributed by atoms with Gasteiger partial charge in [-0.25, -0.2) is 0 Å². The van der Waals surface area contributed by atoms with Crippen molar-refractivity contribution in [2.24, 2.45) is 5.92 Å². The Bertz CT molecular complexity index is 377. The highest BCUT2D eigenvalue weighted by molar-refractivity contribution is 9.09. The van der Waals surface area contributed by atoms with Crippen molar-refractivity contribution in [2.45, 2.75) is 0 Å². The molecule has 1 aromatic heterocycles. The van der Waals surface area contributed by atoms with Gasteiger partial charge < -0.3 is 10.0 Å². The third-order valence-electron chi connectivity index (χ3n) is 2.49. The van der Waals surface area contributed by atoms with Crippen LogP contribution in [-0.2, 0) is 0 Å². The van der Waals surface area contributed by atoms with Crippen molar-refractivity contribution in [1.29, 1.82) is 0 Å². The van der Waals surface area contributed by atoms with Crippen molar-refractivity contribution >= 4 is 21.8 Å². The Hall–Kier alpha value is -1.10. The fraction of sp³-hybridized carbons (Fsp3) is 0.400. The van der Waals surface area contributed by atoms with Crippen molar-refractivity contribution < 1.29 is 9.90 Å². The quantitative estimate of drug-likeness (QED) is 0.824. The van der Waals surface area contributed by atoms with Gasteiger partial charge in [-0.1, -0.05) is 15.9 Å². The first-order valence-corrected chi connectivity index (χ1v) is 5.82. The van der Waals surface area contributed by atoms with Gasteiger partial charge in [0.05, 0.1) is 11.8 Å². The Morgan fingerprint density at radius 2 is 2.40 bits per heavy atom. The maximum absolute atomic E-state index is 11.8. The van der Waals surface area contributed by atoms with E-state index in [1.165, 1.54) is 12.4 Å². The summed E-state index contributed by atoms with van der Waals surface area (Å²) in [7, 11) is 0. The van der Waals surface area contributed by atoms with Crippen molar-refractivity contribution in [1.82, 2.24) is 9.88 Å². The average Bonchev–Trinajstić information content (AvgIpc) is 2.16. The van der Waals surface area contributed by atoms with E-state index in [-0.39, 0.29) is 11.7 Å². The van der Waals surface area contributed by atoms with Crippen LogP contribution >= 0.6 is 15.9 Å². The molecule has 0 bridgehead atoms. The lowest BCUT2D eigenvalue weighted by Crippen LogP contribution is -2.50. The van der Waals surface area contributed by atoms with E-state index in [1.54, 1.807) is 11.0 Å². The number of likely N-dealkylation sites (tertiary alicyclic amines) is 1. The summed E-state index contributed by atoms with van der Waals surface area (Å²) in [6, 6.07) is 1.54. The van der Waals surface area contributed by atoms with Crippen LogP contribution in [0.5, 0.6) is 5.75 Å². The number of carbonyl (C=O) groups is 1. The lowest BCUT2D eigenvalue weighted by molar-refractivity contribution is 0.0536. The molecule has 1 amide bonds. The van der Waals surface area contributed by atoms with Crippen LogP contribution < -0.4 is 0 Å². The minimum atomic E-state index is -0.118. The standard InChI is InChI=1S/C10H11BrN2O2/c11-3-7-5-13(6-7)10(15)8-1-2-12-4-9(8)14/h1-2,4,7,14H,3,5-6H2. The molecule has 2 heterocycles. The van der Waals surface area contributed by atoms with Crippen molar-refractivity contribution in [3.05, 3.63) is 24.0 Å². The minimum absolute atomic E-state index is 0.0511. The van der Waals surface area contributed by atoms with Crippen LogP contribution in [0.3, 0.4) is 0 Å². The lowest BCUT2D eigenvalue weighted by Gasteiger charge is -2.38. The molecule has 80 valence electrons. The first kappa shape index (κ1) is 10.4. The topological polar surface area (TPSA) is 53.4 Å². The second-order valence-corrected chi connectivity index (χ2v) is 4.27. The van der Waals surface area contributed by atoms with Gasteiger partial charge >= 0.3 is 0 Å². The Labute approximate surface area is 96.1 Å². The van der Waals surface area contributed by atoms with Gasteiger partial charge in [0, 0.05) is 30.5 Å².